The van der Waals surface area contributed by atoms with E-state index in [2.05, 4.69) is 11.6 Å². The molecule has 1 amide bonds. The van der Waals surface area contributed by atoms with Gasteiger partial charge in [-0.3, -0.25) is 4.79 Å². The summed E-state index contributed by atoms with van der Waals surface area (Å²) in [5.41, 5.74) is 0.518. The summed E-state index contributed by atoms with van der Waals surface area (Å²) in [7, 11) is -0.527. The van der Waals surface area contributed by atoms with E-state index in [1.54, 1.807) is 11.1 Å². The summed E-state index contributed by atoms with van der Waals surface area (Å²) < 4.78 is 17.6. The molecule has 0 unspecified atom stereocenters. The molecule has 2 aliphatic rings. The standard InChI is InChI=1S/C16H21BN2O4/c1-6-13(20)19-7-8-21-14-12(19)9-11(10-18-14)17-22-15(2,3)16(4,5)23-17/h6,9-10H,1,7-8H2,2-5H3. The maximum atomic E-state index is 12.0. The summed E-state index contributed by atoms with van der Waals surface area (Å²) in [5, 5.41) is 0. The van der Waals surface area contributed by atoms with Gasteiger partial charge in [-0.2, -0.15) is 0 Å². The first-order valence-electron chi connectivity index (χ1n) is 7.67. The van der Waals surface area contributed by atoms with Crippen LogP contribution in [0.1, 0.15) is 27.7 Å². The second kappa shape index (κ2) is 5.35. The van der Waals surface area contributed by atoms with Crippen molar-refractivity contribution in [2.45, 2.75) is 38.9 Å². The van der Waals surface area contributed by atoms with Crippen molar-refractivity contribution in [3.8, 4) is 5.88 Å². The molecule has 122 valence electrons. The summed E-state index contributed by atoms with van der Waals surface area (Å²) in [6, 6.07) is 1.84. The van der Waals surface area contributed by atoms with Gasteiger partial charge in [0.05, 0.1) is 17.7 Å². The number of nitrogens with zero attached hydrogens (tertiary/aromatic N) is 2. The molecule has 1 fully saturated rings. The van der Waals surface area contributed by atoms with Gasteiger partial charge in [-0.15, -0.1) is 0 Å². The molecule has 23 heavy (non-hydrogen) atoms. The molecule has 0 atom stereocenters. The van der Waals surface area contributed by atoms with Gasteiger partial charge in [-0.05, 0) is 39.8 Å². The number of ether oxygens (including phenoxy) is 1. The summed E-state index contributed by atoms with van der Waals surface area (Å²) in [6.07, 6.45) is 2.96. The van der Waals surface area contributed by atoms with Gasteiger partial charge in [0, 0.05) is 11.7 Å². The predicted molar refractivity (Wildman–Crippen MR) is 88.0 cm³/mol. The van der Waals surface area contributed by atoms with E-state index in [1.807, 2.05) is 33.8 Å². The van der Waals surface area contributed by atoms with Crippen LogP contribution < -0.4 is 15.1 Å². The van der Waals surface area contributed by atoms with Crippen LogP contribution in [-0.2, 0) is 14.1 Å². The average molecular weight is 316 g/mol. The van der Waals surface area contributed by atoms with Crippen molar-refractivity contribution in [2.24, 2.45) is 0 Å². The smallest absolute Gasteiger partial charge is 0.474 e. The van der Waals surface area contributed by atoms with Crippen LogP contribution in [0, 0.1) is 0 Å². The Morgan fingerprint density at radius 1 is 1.35 bits per heavy atom. The largest absolute Gasteiger partial charge is 0.496 e. The van der Waals surface area contributed by atoms with Gasteiger partial charge < -0.3 is 18.9 Å². The van der Waals surface area contributed by atoms with Gasteiger partial charge in [0.15, 0.2) is 0 Å². The zero-order valence-electron chi connectivity index (χ0n) is 14.0. The number of hydrogen-bond acceptors (Lipinski definition) is 5. The fourth-order valence-electron chi connectivity index (χ4n) is 2.56. The van der Waals surface area contributed by atoms with Crippen molar-refractivity contribution in [1.29, 1.82) is 0 Å². The highest BCUT2D eigenvalue weighted by molar-refractivity contribution is 6.62. The number of carbonyl (C=O) groups is 1. The molecule has 3 heterocycles. The molecule has 0 N–H and O–H groups in total. The molecular formula is C16H21BN2O4. The van der Waals surface area contributed by atoms with E-state index in [9.17, 15) is 4.79 Å². The van der Waals surface area contributed by atoms with Gasteiger partial charge >= 0.3 is 7.12 Å². The molecule has 1 aromatic rings. The molecular weight excluding hydrogens is 295 g/mol. The van der Waals surface area contributed by atoms with E-state index >= 15 is 0 Å². The normalized spacial score (nSPS) is 21.6. The Bertz CT molecular complexity index is 643. The van der Waals surface area contributed by atoms with Crippen LogP contribution in [0.2, 0.25) is 0 Å². The average Bonchev–Trinajstić information content (AvgIpc) is 2.73. The van der Waals surface area contributed by atoms with Crippen LogP contribution in [0.3, 0.4) is 0 Å². The Hall–Kier alpha value is -1.86. The summed E-state index contributed by atoms with van der Waals surface area (Å²) >= 11 is 0. The Balaban J connectivity index is 1.95. The van der Waals surface area contributed by atoms with E-state index < -0.39 is 18.3 Å². The molecule has 0 spiro atoms. The topological polar surface area (TPSA) is 60.9 Å². The van der Waals surface area contributed by atoms with E-state index in [-0.39, 0.29) is 5.91 Å². The SMILES string of the molecule is C=CC(=O)N1CCOc2ncc(B3OC(C)(C)C(C)(C)O3)cc21. The van der Waals surface area contributed by atoms with Crippen molar-refractivity contribution in [3.63, 3.8) is 0 Å². The lowest BCUT2D eigenvalue weighted by molar-refractivity contribution is -0.114. The van der Waals surface area contributed by atoms with Crippen LogP contribution in [0.15, 0.2) is 24.9 Å². The minimum absolute atomic E-state index is 0.178. The quantitative estimate of drug-likeness (QED) is 0.608. The third-order valence-corrected chi connectivity index (χ3v) is 4.66. The third kappa shape index (κ3) is 2.64. The Kier molecular flexibility index (Phi) is 3.73. The Morgan fingerprint density at radius 3 is 2.61 bits per heavy atom. The second-order valence-electron chi connectivity index (χ2n) is 6.72. The summed E-state index contributed by atoms with van der Waals surface area (Å²) in [4.78, 5) is 18.0. The van der Waals surface area contributed by atoms with Crippen LogP contribution in [0.4, 0.5) is 5.69 Å². The van der Waals surface area contributed by atoms with E-state index in [4.69, 9.17) is 14.0 Å². The van der Waals surface area contributed by atoms with Crippen molar-refractivity contribution in [2.75, 3.05) is 18.1 Å². The van der Waals surface area contributed by atoms with Crippen molar-refractivity contribution in [1.82, 2.24) is 4.98 Å². The molecule has 3 rings (SSSR count). The van der Waals surface area contributed by atoms with Gasteiger partial charge in [-0.1, -0.05) is 6.58 Å². The first-order chi connectivity index (χ1) is 10.7. The Morgan fingerprint density at radius 2 is 2.00 bits per heavy atom. The van der Waals surface area contributed by atoms with Crippen LogP contribution in [0.5, 0.6) is 5.88 Å². The molecule has 1 aromatic heterocycles. The first-order valence-corrected chi connectivity index (χ1v) is 7.67. The van der Waals surface area contributed by atoms with Crippen molar-refractivity contribution in [3.05, 3.63) is 24.9 Å². The monoisotopic (exact) mass is 316 g/mol. The molecule has 1 saturated heterocycles. The third-order valence-electron chi connectivity index (χ3n) is 4.66. The van der Waals surface area contributed by atoms with E-state index in [0.717, 1.165) is 5.46 Å². The van der Waals surface area contributed by atoms with E-state index in [1.165, 1.54) is 6.08 Å². The van der Waals surface area contributed by atoms with Crippen LogP contribution >= 0.6 is 0 Å². The maximum absolute atomic E-state index is 12.0. The fraction of sp³-hybridized carbons (Fsp3) is 0.500. The fourth-order valence-corrected chi connectivity index (χ4v) is 2.56. The summed E-state index contributed by atoms with van der Waals surface area (Å²) in [5.74, 6) is 0.258. The number of hydrogen-bond donors (Lipinski definition) is 0. The molecule has 6 nitrogen and oxygen atoms in total. The van der Waals surface area contributed by atoms with Gasteiger partial charge in [0.1, 0.15) is 12.3 Å². The Labute approximate surface area is 136 Å². The highest BCUT2D eigenvalue weighted by Crippen LogP contribution is 2.37. The number of amides is 1. The molecule has 7 heteroatoms. The lowest BCUT2D eigenvalue weighted by Gasteiger charge is -2.32. The maximum Gasteiger partial charge on any atom is 0.496 e. The number of aromatic nitrogens is 1. The number of pyridine rings is 1. The zero-order chi connectivity index (χ0) is 16.8. The van der Waals surface area contributed by atoms with Crippen molar-refractivity contribution >= 4 is 24.2 Å². The molecule has 0 saturated carbocycles. The van der Waals surface area contributed by atoms with Gasteiger partial charge in [-0.25, -0.2) is 4.98 Å². The van der Waals surface area contributed by atoms with Gasteiger partial charge in [0.2, 0.25) is 5.88 Å². The molecule has 2 aliphatic heterocycles. The lowest BCUT2D eigenvalue weighted by atomic mass is 9.80. The molecule has 0 bridgehead atoms. The minimum atomic E-state index is -0.527. The number of fused-ring (bicyclic) bond motifs is 1. The minimum Gasteiger partial charge on any atom is -0.474 e. The van der Waals surface area contributed by atoms with E-state index in [0.29, 0.717) is 24.7 Å². The molecule has 0 radical (unpaired) electrons. The lowest BCUT2D eigenvalue weighted by Crippen LogP contribution is -2.41. The molecule has 0 aliphatic carbocycles. The number of anilines is 1. The van der Waals surface area contributed by atoms with Crippen LogP contribution in [0.25, 0.3) is 0 Å². The highest BCUT2D eigenvalue weighted by Gasteiger charge is 2.52. The number of carbonyl (C=O) groups excluding carboxylic acids is 1. The summed E-state index contributed by atoms with van der Waals surface area (Å²) in [6.45, 7) is 12.4. The first kappa shape index (κ1) is 16.0. The highest BCUT2D eigenvalue weighted by atomic mass is 16.7. The molecule has 0 aromatic carbocycles. The zero-order valence-corrected chi connectivity index (χ0v) is 14.0. The number of rotatable bonds is 2. The van der Waals surface area contributed by atoms with Gasteiger partial charge in [0.25, 0.3) is 5.91 Å². The van der Waals surface area contributed by atoms with Crippen molar-refractivity contribution < 1.29 is 18.8 Å². The predicted octanol–water partition coefficient (Wildman–Crippen LogP) is 1.29. The van der Waals surface area contributed by atoms with Crippen LogP contribution in [-0.4, -0.2) is 42.4 Å². The second-order valence-corrected chi connectivity index (χ2v) is 6.72.